The molecule has 0 fully saturated rings. The van der Waals surface area contributed by atoms with E-state index >= 15 is 0 Å². The van der Waals surface area contributed by atoms with E-state index in [4.69, 9.17) is 4.74 Å². The number of urea groups is 1. The lowest BCUT2D eigenvalue weighted by molar-refractivity contribution is -0.134. The summed E-state index contributed by atoms with van der Waals surface area (Å²) >= 11 is 0. The first-order valence-corrected chi connectivity index (χ1v) is 15.4. The van der Waals surface area contributed by atoms with Crippen molar-refractivity contribution in [3.05, 3.63) is 114 Å². The van der Waals surface area contributed by atoms with Crippen molar-refractivity contribution in [1.29, 1.82) is 0 Å². The zero-order valence-corrected chi connectivity index (χ0v) is 26.1. The highest BCUT2D eigenvalue weighted by Crippen LogP contribution is 2.30. The number of benzene rings is 4. The fraction of sp³-hybridized carbons (Fsp3) is 0.297. The number of carbonyl (C=O) groups excluding carboxylic acids is 2. The molecular formula is C37H42N4O4. The van der Waals surface area contributed by atoms with E-state index < -0.39 is 0 Å². The zero-order valence-electron chi connectivity index (χ0n) is 26.1. The molecule has 0 saturated heterocycles. The zero-order chi connectivity index (χ0) is 31.8. The maximum atomic E-state index is 13.6. The number of hydrogen-bond donors (Lipinski definition) is 3. The number of anilines is 2. The second kappa shape index (κ2) is 14.9. The molecule has 1 aliphatic heterocycles. The number of nitrogens with zero attached hydrogens (tertiary/aromatic N) is 2. The number of likely N-dealkylation sites (N-methyl/N-ethyl adjacent to an activating group) is 1. The molecule has 1 heterocycles. The van der Waals surface area contributed by atoms with Crippen LogP contribution in [0.4, 0.5) is 16.2 Å². The molecule has 0 unspecified atom stereocenters. The van der Waals surface area contributed by atoms with E-state index in [2.05, 4.69) is 65.9 Å². The number of nitrogens with one attached hydrogen (secondary N) is 2. The molecule has 5 rings (SSSR count). The van der Waals surface area contributed by atoms with Crippen LogP contribution < -0.4 is 15.4 Å². The highest BCUT2D eigenvalue weighted by atomic mass is 16.5. The molecule has 3 amide bonds. The average Bonchev–Trinajstić information content (AvgIpc) is 3.09. The monoisotopic (exact) mass is 606 g/mol. The lowest BCUT2D eigenvalue weighted by atomic mass is 10.0. The number of fused-ring (bicyclic) bond motifs is 1. The minimum atomic E-state index is -0.378. The van der Waals surface area contributed by atoms with Crippen LogP contribution in [0, 0.1) is 5.92 Å². The Morgan fingerprint density at radius 2 is 1.58 bits per heavy atom. The second-order valence-electron chi connectivity index (χ2n) is 11.9. The molecule has 0 saturated carbocycles. The standard InChI is InChI=1S/C37H42N4O4/c1-26-22-41(27(2)25-42)36(43)21-31-20-33(39-37(44)38-32-12-8-5-9-13-32)18-19-34(31)45-35(26)24-40(3)23-28-14-16-30(17-15-28)29-10-6-4-7-11-29/h4-20,26-27,35,42H,21-25H2,1-3H3,(H2,38,39,44)/t26-,27+,35-/m0/s1. The summed E-state index contributed by atoms with van der Waals surface area (Å²) in [4.78, 5) is 30.2. The number of amides is 3. The van der Waals surface area contributed by atoms with Gasteiger partial charge in [0.05, 0.1) is 19.1 Å². The summed E-state index contributed by atoms with van der Waals surface area (Å²) < 4.78 is 6.67. The summed E-state index contributed by atoms with van der Waals surface area (Å²) in [7, 11) is 2.08. The minimum Gasteiger partial charge on any atom is -0.488 e. The first-order chi connectivity index (χ1) is 21.8. The van der Waals surface area contributed by atoms with E-state index in [1.54, 1.807) is 17.0 Å². The Kier molecular flexibility index (Phi) is 10.5. The van der Waals surface area contributed by atoms with Gasteiger partial charge in [-0.1, -0.05) is 79.7 Å². The Hall–Kier alpha value is -4.66. The predicted molar refractivity (Wildman–Crippen MR) is 179 cm³/mol. The molecule has 0 spiro atoms. The maximum absolute atomic E-state index is 13.6. The third kappa shape index (κ3) is 8.50. The van der Waals surface area contributed by atoms with Crippen LogP contribution in [0.2, 0.25) is 0 Å². The second-order valence-corrected chi connectivity index (χ2v) is 11.9. The average molecular weight is 607 g/mol. The smallest absolute Gasteiger partial charge is 0.323 e. The molecule has 8 nitrogen and oxygen atoms in total. The minimum absolute atomic E-state index is 0.00809. The lowest BCUT2D eigenvalue weighted by Crippen LogP contribution is -2.47. The van der Waals surface area contributed by atoms with Gasteiger partial charge in [0.25, 0.3) is 0 Å². The number of aliphatic hydroxyl groups is 1. The Morgan fingerprint density at radius 3 is 2.27 bits per heavy atom. The van der Waals surface area contributed by atoms with Crippen molar-refractivity contribution in [2.75, 3.05) is 37.4 Å². The van der Waals surface area contributed by atoms with E-state index in [0.29, 0.717) is 35.8 Å². The van der Waals surface area contributed by atoms with Crippen LogP contribution in [0.3, 0.4) is 0 Å². The van der Waals surface area contributed by atoms with E-state index in [-0.39, 0.29) is 43.0 Å². The molecule has 0 aromatic heterocycles. The highest BCUT2D eigenvalue weighted by molar-refractivity contribution is 6.00. The molecule has 3 N–H and O–H groups in total. The highest BCUT2D eigenvalue weighted by Gasteiger charge is 2.31. The summed E-state index contributed by atoms with van der Waals surface area (Å²) in [5, 5.41) is 15.6. The molecule has 8 heteroatoms. The predicted octanol–water partition coefficient (Wildman–Crippen LogP) is 6.28. The molecule has 4 aromatic carbocycles. The molecular weight excluding hydrogens is 564 g/mol. The van der Waals surface area contributed by atoms with Crippen molar-refractivity contribution in [3.63, 3.8) is 0 Å². The van der Waals surface area contributed by atoms with Gasteiger partial charge in [-0.15, -0.1) is 0 Å². The SMILES string of the molecule is C[C@H](CO)N1C[C@H](C)[C@H](CN(C)Cc2ccc(-c3ccccc3)cc2)Oc2ccc(NC(=O)Nc3ccccc3)cc2CC1=O. The largest absolute Gasteiger partial charge is 0.488 e. The Morgan fingerprint density at radius 1 is 0.933 bits per heavy atom. The Bertz CT molecular complexity index is 1560. The molecule has 4 aromatic rings. The topological polar surface area (TPSA) is 94.1 Å². The van der Waals surface area contributed by atoms with E-state index in [0.717, 1.165) is 6.54 Å². The molecule has 0 aliphatic carbocycles. The van der Waals surface area contributed by atoms with Crippen LogP contribution >= 0.6 is 0 Å². The Balaban J connectivity index is 1.33. The molecule has 1 aliphatic rings. The summed E-state index contributed by atoms with van der Waals surface area (Å²) in [6, 6.07) is 32.9. The maximum Gasteiger partial charge on any atom is 0.323 e. The summed E-state index contributed by atoms with van der Waals surface area (Å²) in [5.41, 5.74) is 5.49. The Labute approximate surface area is 265 Å². The number of carbonyl (C=O) groups is 2. The van der Waals surface area contributed by atoms with Crippen LogP contribution in [0.25, 0.3) is 11.1 Å². The van der Waals surface area contributed by atoms with Crippen molar-refractivity contribution >= 4 is 23.3 Å². The van der Waals surface area contributed by atoms with Gasteiger partial charge in [-0.2, -0.15) is 0 Å². The fourth-order valence-electron chi connectivity index (χ4n) is 5.66. The van der Waals surface area contributed by atoms with Crippen molar-refractivity contribution in [3.8, 4) is 16.9 Å². The van der Waals surface area contributed by atoms with Crippen molar-refractivity contribution < 1.29 is 19.4 Å². The number of ether oxygens (including phenoxy) is 1. The van der Waals surface area contributed by atoms with Gasteiger partial charge in [-0.3, -0.25) is 9.69 Å². The lowest BCUT2D eigenvalue weighted by Gasteiger charge is -2.34. The third-order valence-corrected chi connectivity index (χ3v) is 8.21. The van der Waals surface area contributed by atoms with Gasteiger partial charge in [-0.05, 0) is 61.0 Å². The van der Waals surface area contributed by atoms with Crippen LogP contribution in [0.15, 0.2) is 103 Å². The van der Waals surface area contributed by atoms with Crippen molar-refractivity contribution in [1.82, 2.24) is 9.80 Å². The van der Waals surface area contributed by atoms with E-state index in [9.17, 15) is 14.7 Å². The number of aliphatic hydroxyl groups excluding tert-OH is 1. The van der Waals surface area contributed by atoms with Gasteiger partial charge < -0.3 is 25.4 Å². The molecule has 0 radical (unpaired) electrons. The van der Waals surface area contributed by atoms with Gasteiger partial charge >= 0.3 is 6.03 Å². The van der Waals surface area contributed by atoms with Crippen LogP contribution in [-0.4, -0.2) is 65.7 Å². The van der Waals surface area contributed by atoms with Crippen LogP contribution in [0.1, 0.15) is 25.0 Å². The van der Waals surface area contributed by atoms with Gasteiger partial charge in [0, 0.05) is 42.5 Å². The first-order valence-electron chi connectivity index (χ1n) is 15.4. The van der Waals surface area contributed by atoms with E-state index in [1.165, 1.54) is 16.7 Å². The molecule has 234 valence electrons. The van der Waals surface area contributed by atoms with Crippen LogP contribution in [0.5, 0.6) is 5.75 Å². The summed E-state index contributed by atoms with van der Waals surface area (Å²) in [6.07, 6.45) is -0.129. The third-order valence-electron chi connectivity index (χ3n) is 8.21. The summed E-state index contributed by atoms with van der Waals surface area (Å²) in [5.74, 6) is 0.520. The van der Waals surface area contributed by atoms with Gasteiger partial charge in [0.2, 0.25) is 5.91 Å². The fourth-order valence-corrected chi connectivity index (χ4v) is 5.66. The van der Waals surface area contributed by atoms with Crippen LogP contribution in [-0.2, 0) is 17.8 Å². The molecule has 3 atom stereocenters. The van der Waals surface area contributed by atoms with Crippen molar-refractivity contribution in [2.45, 2.75) is 39.0 Å². The number of para-hydroxylation sites is 1. The van der Waals surface area contributed by atoms with E-state index in [1.807, 2.05) is 61.5 Å². The van der Waals surface area contributed by atoms with Gasteiger partial charge in [0.1, 0.15) is 11.9 Å². The van der Waals surface area contributed by atoms with Gasteiger partial charge in [-0.25, -0.2) is 4.79 Å². The molecule has 45 heavy (non-hydrogen) atoms. The number of hydrogen-bond acceptors (Lipinski definition) is 5. The first kappa shape index (κ1) is 31.8. The quantitative estimate of drug-likeness (QED) is 0.209. The molecule has 0 bridgehead atoms. The van der Waals surface area contributed by atoms with Gasteiger partial charge in [0.15, 0.2) is 0 Å². The summed E-state index contributed by atoms with van der Waals surface area (Å²) in [6.45, 7) is 5.66. The normalized spacial score (nSPS) is 17.4. The number of rotatable bonds is 9. The van der Waals surface area contributed by atoms with Crippen molar-refractivity contribution in [2.24, 2.45) is 5.92 Å².